The Morgan fingerprint density at radius 2 is 2.05 bits per heavy atom. The van der Waals surface area contributed by atoms with E-state index in [4.69, 9.17) is 19.9 Å². The molecule has 3 rings (SSSR count). The number of sulfonamides is 1. The van der Waals surface area contributed by atoms with Gasteiger partial charge in [-0.25, -0.2) is 8.42 Å². The van der Waals surface area contributed by atoms with Crippen LogP contribution in [0, 0.1) is 0 Å². The average Bonchev–Trinajstić information content (AvgIpc) is 2.99. The molecule has 3 N–H and O–H groups in total. The van der Waals surface area contributed by atoms with E-state index >= 15 is 0 Å². The number of benzene rings is 1. The number of rotatable bonds is 4. The summed E-state index contributed by atoms with van der Waals surface area (Å²) in [4.78, 5) is 0. The zero-order valence-electron chi connectivity index (χ0n) is 10.8. The van der Waals surface area contributed by atoms with Gasteiger partial charge in [0.2, 0.25) is 16.8 Å². The molecule has 0 saturated carbocycles. The van der Waals surface area contributed by atoms with Crippen molar-refractivity contribution in [2.45, 2.75) is 18.9 Å². The highest BCUT2D eigenvalue weighted by Gasteiger charge is 2.25. The number of nitrogen functional groups attached to an aromatic ring is 1. The summed E-state index contributed by atoms with van der Waals surface area (Å²) in [6.45, 7) is 0.729. The minimum atomic E-state index is -3.51. The van der Waals surface area contributed by atoms with Gasteiger partial charge >= 0.3 is 0 Å². The summed E-state index contributed by atoms with van der Waals surface area (Å²) < 4.78 is 42.4. The summed E-state index contributed by atoms with van der Waals surface area (Å²) in [5.41, 5.74) is 6.41. The third kappa shape index (κ3) is 2.75. The van der Waals surface area contributed by atoms with Crippen molar-refractivity contribution in [2.24, 2.45) is 0 Å². The molecule has 110 valence electrons. The predicted molar refractivity (Wildman–Crippen MR) is 73.4 cm³/mol. The van der Waals surface area contributed by atoms with Crippen molar-refractivity contribution in [3.05, 3.63) is 12.1 Å². The molecule has 1 saturated heterocycles. The maximum atomic E-state index is 12.1. The molecule has 1 aromatic carbocycles. The fourth-order valence-corrected chi connectivity index (χ4v) is 3.62. The first-order valence-corrected chi connectivity index (χ1v) is 8.00. The van der Waals surface area contributed by atoms with Gasteiger partial charge in [-0.2, -0.15) is 0 Å². The lowest BCUT2D eigenvalue weighted by Crippen LogP contribution is -2.26. The highest BCUT2D eigenvalue weighted by molar-refractivity contribution is 7.92. The van der Waals surface area contributed by atoms with Crippen molar-refractivity contribution in [1.82, 2.24) is 0 Å². The van der Waals surface area contributed by atoms with Gasteiger partial charge in [0.15, 0.2) is 11.5 Å². The summed E-state index contributed by atoms with van der Waals surface area (Å²) in [7, 11) is -3.51. The van der Waals surface area contributed by atoms with Crippen LogP contribution in [-0.4, -0.2) is 33.7 Å². The van der Waals surface area contributed by atoms with Gasteiger partial charge in [0.25, 0.3) is 0 Å². The number of fused-ring (bicyclic) bond motifs is 1. The van der Waals surface area contributed by atoms with Crippen molar-refractivity contribution >= 4 is 21.4 Å². The van der Waals surface area contributed by atoms with Gasteiger partial charge in [-0.1, -0.05) is 0 Å². The van der Waals surface area contributed by atoms with Crippen molar-refractivity contribution < 1.29 is 22.6 Å². The van der Waals surface area contributed by atoms with Crippen LogP contribution in [0.2, 0.25) is 0 Å². The Morgan fingerprint density at radius 3 is 2.75 bits per heavy atom. The van der Waals surface area contributed by atoms with Gasteiger partial charge in [-0.15, -0.1) is 0 Å². The van der Waals surface area contributed by atoms with Gasteiger partial charge < -0.3 is 19.9 Å². The molecule has 8 heteroatoms. The summed E-state index contributed by atoms with van der Waals surface area (Å²) >= 11 is 0. The lowest BCUT2D eigenvalue weighted by Gasteiger charge is -2.14. The number of nitrogens with one attached hydrogen (secondary N) is 1. The number of hydrogen-bond donors (Lipinski definition) is 2. The average molecular weight is 300 g/mol. The van der Waals surface area contributed by atoms with Crippen LogP contribution >= 0.6 is 0 Å². The summed E-state index contributed by atoms with van der Waals surface area (Å²) in [5, 5.41) is 0. The molecule has 0 bridgehead atoms. The van der Waals surface area contributed by atoms with Crippen LogP contribution in [0.1, 0.15) is 12.8 Å². The minimum Gasteiger partial charge on any atom is -0.454 e. The van der Waals surface area contributed by atoms with Crippen molar-refractivity contribution in [3.63, 3.8) is 0 Å². The zero-order chi connectivity index (χ0) is 14.2. The second kappa shape index (κ2) is 5.02. The Morgan fingerprint density at radius 1 is 1.30 bits per heavy atom. The smallest absolute Gasteiger partial charge is 0.235 e. The molecule has 0 amide bonds. The maximum Gasteiger partial charge on any atom is 0.235 e. The molecule has 1 atom stereocenters. The Balaban J connectivity index is 1.76. The molecule has 1 aromatic rings. The van der Waals surface area contributed by atoms with E-state index in [1.54, 1.807) is 6.07 Å². The zero-order valence-corrected chi connectivity index (χ0v) is 11.6. The molecule has 7 nitrogen and oxygen atoms in total. The Kier molecular flexibility index (Phi) is 3.35. The molecule has 0 radical (unpaired) electrons. The second-order valence-electron chi connectivity index (χ2n) is 4.81. The molecule has 0 aliphatic carbocycles. The van der Waals surface area contributed by atoms with Gasteiger partial charge in [0.05, 0.1) is 23.2 Å². The molecular formula is C12H16N2O5S. The molecule has 0 spiro atoms. The molecule has 20 heavy (non-hydrogen) atoms. The van der Waals surface area contributed by atoms with Crippen molar-refractivity contribution in [3.8, 4) is 11.5 Å². The Labute approximate surface area is 117 Å². The van der Waals surface area contributed by atoms with Gasteiger partial charge in [0, 0.05) is 18.7 Å². The van der Waals surface area contributed by atoms with Gasteiger partial charge in [-0.05, 0) is 12.8 Å². The van der Waals surface area contributed by atoms with Crippen LogP contribution in [0.5, 0.6) is 11.5 Å². The fourth-order valence-electron chi connectivity index (χ4n) is 2.28. The molecule has 1 unspecified atom stereocenters. The van der Waals surface area contributed by atoms with Crippen LogP contribution < -0.4 is 19.9 Å². The monoisotopic (exact) mass is 300 g/mol. The highest BCUT2D eigenvalue weighted by atomic mass is 32.2. The topological polar surface area (TPSA) is 99.9 Å². The van der Waals surface area contributed by atoms with Crippen LogP contribution in [0.4, 0.5) is 11.4 Å². The first-order chi connectivity index (χ1) is 9.53. The standard InChI is InChI=1S/C12H16N2O5S/c13-9-4-11-12(19-7-18-11)5-10(9)14-20(15,16)6-8-2-1-3-17-8/h4-5,8,14H,1-3,6-7,13H2. The number of anilines is 2. The van der Waals surface area contributed by atoms with Crippen LogP contribution in [0.25, 0.3) is 0 Å². The number of nitrogens with two attached hydrogens (primary N) is 1. The quantitative estimate of drug-likeness (QED) is 0.802. The molecule has 1 fully saturated rings. The van der Waals surface area contributed by atoms with Crippen LogP contribution in [0.15, 0.2) is 12.1 Å². The van der Waals surface area contributed by atoms with Gasteiger partial charge in [-0.3, -0.25) is 4.72 Å². The number of ether oxygens (including phenoxy) is 3. The Bertz CT molecular complexity index is 611. The maximum absolute atomic E-state index is 12.1. The van der Waals surface area contributed by atoms with E-state index in [1.807, 2.05) is 0 Å². The van der Waals surface area contributed by atoms with Crippen molar-refractivity contribution in [2.75, 3.05) is 29.6 Å². The first kappa shape index (κ1) is 13.3. The van der Waals surface area contributed by atoms with Crippen LogP contribution in [-0.2, 0) is 14.8 Å². The molecule has 2 aliphatic heterocycles. The van der Waals surface area contributed by atoms with E-state index in [2.05, 4.69) is 4.72 Å². The van der Waals surface area contributed by atoms with E-state index in [0.29, 0.717) is 29.5 Å². The van der Waals surface area contributed by atoms with E-state index in [1.165, 1.54) is 6.07 Å². The highest BCUT2D eigenvalue weighted by Crippen LogP contribution is 2.38. The fraction of sp³-hybridized carbons (Fsp3) is 0.500. The van der Waals surface area contributed by atoms with E-state index in [9.17, 15) is 8.42 Å². The minimum absolute atomic E-state index is 0.0686. The summed E-state index contributed by atoms with van der Waals surface area (Å²) in [5.74, 6) is 0.930. The van der Waals surface area contributed by atoms with E-state index in [-0.39, 0.29) is 18.6 Å². The Hall–Kier alpha value is -1.67. The van der Waals surface area contributed by atoms with Crippen LogP contribution in [0.3, 0.4) is 0 Å². The number of hydrogen-bond acceptors (Lipinski definition) is 6. The lowest BCUT2D eigenvalue weighted by molar-refractivity contribution is 0.127. The van der Waals surface area contributed by atoms with Crippen molar-refractivity contribution in [1.29, 1.82) is 0 Å². The molecule has 0 aromatic heterocycles. The largest absolute Gasteiger partial charge is 0.454 e. The van der Waals surface area contributed by atoms with Gasteiger partial charge in [0.1, 0.15) is 0 Å². The third-order valence-corrected chi connectivity index (χ3v) is 4.58. The SMILES string of the molecule is Nc1cc2c(cc1NS(=O)(=O)CC1CCCO1)OCO2. The normalized spacial score (nSPS) is 21.1. The molecule has 2 aliphatic rings. The van der Waals surface area contributed by atoms with E-state index < -0.39 is 10.0 Å². The molecule has 2 heterocycles. The summed E-state index contributed by atoms with van der Waals surface area (Å²) in [6.07, 6.45) is 1.41. The van der Waals surface area contributed by atoms with E-state index in [0.717, 1.165) is 12.8 Å². The second-order valence-corrected chi connectivity index (χ2v) is 6.58. The third-order valence-electron chi connectivity index (χ3n) is 3.24. The summed E-state index contributed by atoms with van der Waals surface area (Å²) in [6, 6.07) is 3.08. The predicted octanol–water partition coefficient (Wildman–Crippen LogP) is 0.918. The first-order valence-electron chi connectivity index (χ1n) is 6.35. The molecular weight excluding hydrogens is 284 g/mol. The lowest BCUT2D eigenvalue weighted by atomic mass is 10.2.